The minimum Gasteiger partial charge on any atom is -0.398 e. The van der Waals surface area contributed by atoms with Crippen LogP contribution in [0.2, 0.25) is 0 Å². The number of nitrogens with one attached hydrogen (secondary N) is 1. The standard InChI is InChI=1S/C12H9F3N4O3S/c1-7-6-23-11(17-7)18-16-5-8-3-2-4-9(10(8)19(20)21)22-12(13,14)15/h2-6H,1H3,(H,17,18). The summed E-state index contributed by atoms with van der Waals surface area (Å²) in [6, 6.07) is 3.31. The highest BCUT2D eigenvalue weighted by molar-refractivity contribution is 7.13. The maximum atomic E-state index is 12.3. The lowest BCUT2D eigenvalue weighted by molar-refractivity contribution is -0.388. The van der Waals surface area contributed by atoms with Crippen molar-refractivity contribution in [3.05, 3.63) is 45.0 Å². The third kappa shape index (κ3) is 4.64. The topological polar surface area (TPSA) is 89.7 Å². The zero-order valence-electron chi connectivity index (χ0n) is 11.5. The minimum atomic E-state index is -5.03. The second-order valence-corrected chi connectivity index (χ2v) is 5.02. The molecule has 0 fully saturated rings. The third-order valence-corrected chi connectivity index (χ3v) is 3.29. The molecule has 23 heavy (non-hydrogen) atoms. The Balaban J connectivity index is 2.27. The van der Waals surface area contributed by atoms with Gasteiger partial charge in [0.05, 0.1) is 22.4 Å². The highest BCUT2D eigenvalue weighted by Gasteiger charge is 2.35. The summed E-state index contributed by atoms with van der Waals surface area (Å²) < 4.78 is 40.6. The summed E-state index contributed by atoms with van der Waals surface area (Å²) in [6.45, 7) is 1.77. The molecule has 1 aromatic carbocycles. The van der Waals surface area contributed by atoms with E-state index >= 15 is 0 Å². The number of thiazole rings is 1. The number of nitro benzene ring substituents is 1. The molecule has 2 rings (SSSR count). The first kappa shape index (κ1) is 16.7. The average molecular weight is 346 g/mol. The number of hydrogen-bond acceptors (Lipinski definition) is 7. The van der Waals surface area contributed by atoms with Crippen molar-refractivity contribution in [2.24, 2.45) is 5.10 Å². The first-order valence-corrected chi connectivity index (χ1v) is 6.88. The van der Waals surface area contributed by atoms with Crippen LogP contribution in [-0.2, 0) is 0 Å². The lowest BCUT2D eigenvalue weighted by Crippen LogP contribution is -2.18. The molecule has 0 aliphatic carbocycles. The van der Waals surface area contributed by atoms with Crippen molar-refractivity contribution in [3.8, 4) is 5.75 Å². The van der Waals surface area contributed by atoms with Gasteiger partial charge in [-0.3, -0.25) is 15.5 Å². The van der Waals surface area contributed by atoms with E-state index in [2.05, 4.69) is 20.2 Å². The number of alkyl halides is 3. The number of aryl methyl sites for hydroxylation is 1. The van der Waals surface area contributed by atoms with E-state index in [1.807, 2.05) is 0 Å². The van der Waals surface area contributed by atoms with E-state index in [1.54, 1.807) is 12.3 Å². The molecule has 0 aliphatic rings. The predicted octanol–water partition coefficient (Wildman–Crippen LogP) is 3.70. The molecule has 0 saturated carbocycles. The number of rotatable bonds is 5. The lowest BCUT2D eigenvalue weighted by Gasteiger charge is -2.09. The normalized spacial score (nSPS) is 11.7. The van der Waals surface area contributed by atoms with E-state index in [0.29, 0.717) is 5.13 Å². The van der Waals surface area contributed by atoms with Gasteiger partial charge in [-0.25, -0.2) is 4.98 Å². The van der Waals surface area contributed by atoms with Gasteiger partial charge in [0.1, 0.15) is 0 Å². The number of nitrogens with zero attached hydrogens (tertiary/aromatic N) is 3. The number of anilines is 1. The summed E-state index contributed by atoms with van der Waals surface area (Å²) in [5.41, 5.74) is 2.33. The van der Waals surface area contributed by atoms with E-state index in [9.17, 15) is 23.3 Å². The average Bonchev–Trinajstić information content (AvgIpc) is 2.82. The van der Waals surface area contributed by atoms with Gasteiger partial charge in [0.2, 0.25) is 10.9 Å². The summed E-state index contributed by atoms with van der Waals surface area (Å²) in [4.78, 5) is 14.1. The van der Waals surface area contributed by atoms with Crippen LogP contribution >= 0.6 is 11.3 Å². The van der Waals surface area contributed by atoms with Crippen LogP contribution < -0.4 is 10.2 Å². The van der Waals surface area contributed by atoms with Crippen LogP contribution in [0.5, 0.6) is 5.75 Å². The van der Waals surface area contributed by atoms with Crippen LogP contribution in [0.15, 0.2) is 28.7 Å². The molecule has 11 heteroatoms. The number of ether oxygens (including phenoxy) is 1. The summed E-state index contributed by atoms with van der Waals surface area (Å²) in [6.07, 6.45) is -4.00. The number of hydrazone groups is 1. The van der Waals surface area contributed by atoms with Crippen molar-refractivity contribution in [3.63, 3.8) is 0 Å². The second-order valence-electron chi connectivity index (χ2n) is 4.16. The largest absolute Gasteiger partial charge is 0.573 e. The molecule has 122 valence electrons. The molecule has 0 spiro atoms. The first-order valence-electron chi connectivity index (χ1n) is 6.00. The van der Waals surface area contributed by atoms with Gasteiger partial charge in [-0.1, -0.05) is 6.07 Å². The van der Waals surface area contributed by atoms with Crippen molar-refractivity contribution in [1.82, 2.24) is 4.98 Å². The Morgan fingerprint density at radius 1 is 1.48 bits per heavy atom. The summed E-state index contributed by atoms with van der Waals surface area (Å²) in [7, 11) is 0. The van der Waals surface area contributed by atoms with Gasteiger partial charge in [-0.2, -0.15) is 5.10 Å². The third-order valence-electron chi connectivity index (χ3n) is 2.42. The maximum Gasteiger partial charge on any atom is 0.573 e. The number of benzene rings is 1. The molecular weight excluding hydrogens is 337 g/mol. The van der Waals surface area contributed by atoms with E-state index in [4.69, 9.17) is 0 Å². The van der Waals surface area contributed by atoms with Crippen LogP contribution in [0, 0.1) is 17.0 Å². The molecule has 0 saturated heterocycles. The number of aromatic nitrogens is 1. The Labute approximate surface area is 131 Å². The molecule has 1 aromatic heterocycles. The molecular formula is C12H9F3N4O3S. The van der Waals surface area contributed by atoms with E-state index in [0.717, 1.165) is 18.0 Å². The second kappa shape index (κ2) is 6.60. The Hall–Kier alpha value is -2.69. The highest BCUT2D eigenvalue weighted by atomic mass is 32.1. The molecule has 0 radical (unpaired) electrons. The van der Waals surface area contributed by atoms with E-state index < -0.39 is 22.7 Å². The first-order chi connectivity index (χ1) is 10.8. The Morgan fingerprint density at radius 3 is 2.78 bits per heavy atom. The highest BCUT2D eigenvalue weighted by Crippen LogP contribution is 2.34. The fourth-order valence-electron chi connectivity index (χ4n) is 1.61. The fourth-order valence-corrected chi connectivity index (χ4v) is 2.25. The zero-order valence-corrected chi connectivity index (χ0v) is 12.3. The zero-order chi connectivity index (χ0) is 17.0. The Kier molecular flexibility index (Phi) is 4.79. The van der Waals surface area contributed by atoms with Crippen molar-refractivity contribution < 1.29 is 22.8 Å². The number of nitro groups is 1. The number of halogens is 3. The molecule has 2 aromatic rings. The van der Waals surface area contributed by atoms with Crippen LogP contribution in [-0.4, -0.2) is 22.5 Å². The maximum absolute atomic E-state index is 12.3. The Morgan fingerprint density at radius 2 is 2.22 bits per heavy atom. The minimum absolute atomic E-state index is 0.141. The van der Waals surface area contributed by atoms with Crippen molar-refractivity contribution in [2.45, 2.75) is 13.3 Å². The number of para-hydroxylation sites is 1. The molecule has 0 bridgehead atoms. The quantitative estimate of drug-likeness (QED) is 0.506. The molecule has 0 unspecified atom stereocenters. The Bertz CT molecular complexity index is 745. The van der Waals surface area contributed by atoms with Crippen molar-refractivity contribution >= 4 is 28.4 Å². The van der Waals surface area contributed by atoms with Gasteiger partial charge < -0.3 is 4.74 Å². The molecule has 0 aliphatic heterocycles. The smallest absolute Gasteiger partial charge is 0.398 e. The van der Waals surface area contributed by atoms with Crippen LogP contribution in [0.1, 0.15) is 11.3 Å². The number of hydrogen-bond donors (Lipinski definition) is 1. The summed E-state index contributed by atoms with van der Waals surface area (Å²) >= 11 is 1.26. The van der Waals surface area contributed by atoms with Gasteiger partial charge in [-0.05, 0) is 19.1 Å². The van der Waals surface area contributed by atoms with Gasteiger partial charge in [0, 0.05) is 5.38 Å². The molecule has 1 N–H and O–H groups in total. The van der Waals surface area contributed by atoms with Gasteiger partial charge >= 0.3 is 12.0 Å². The molecule has 7 nitrogen and oxygen atoms in total. The summed E-state index contributed by atoms with van der Waals surface area (Å²) in [5, 5.41) is 17.0. The monoisotopic (exact) mass is 346 g/mol. The van der Waals surface area contributed by atoms with Crippen LogP contribution in [0.25, 0.3) is 0 Å². The summed E-state index contributed by atoms with van der Waals surface area (Å²) in [5.74, 6) is -0.906. The van der Waals surface area contributed by atoms with Crippen LogP contribution in [0.4, 0.5) is 24.0 Å². The van der Waals surface area contributed by atoms with E-state index in [1.165, 1.54) is 23.5 Å². The van der Waals surface area contributed by atoms with Crippen molar-refractivity contribution in [1.29, 1.82) is 0 Å². The molecule has 1 heterocycles. The van der Waals surface area contributed by atoms with Gasteiger partial charge in [0.25, 0.3) is 0 Å². The predicted molar refractivity (Wildman–Crippen MR) is 77.8 cm³/mol. The lowest BCUT2D eigenvalue weighted by atomic mass is 10.2. The fraction of sp³-hybridized carbons (Fsp3) is 0.167. The van der Waals surface area contributed by atoms with Crippen LogP contribution in [0.3, 0.4) is 0 Å². The van der Waals surface area contributed by atoms with Crippen molar-refractivity contribution in [2.75, 3.05) is 5.43 Å². The molecule has 0 amide bonds. The molecule has 0 atom stereocenters. The SMILES string of the molecule is Cc1csc(NN=Cc2cccc(OC(F)(F)F)c2[N+](=O)[O-])n1. The van der Waals surface area contributed by atoms with Gasteiger partial charge in [-0.15, -0.1) is 24.5 Å². The van der Waals surface area contributed by atoms with Gasteiger partial charge in [0.15, 0.2) is 0 Å². The van der Waals surface area contributed by atoms with E-state index in [-0.39, 0.29) is 5.56 Å².